The third-order valence-corrected chi connectivity index (χ3v) is 9.31. The number of anilines is 1. The normalized spacial score (nSPS) is 18.5. The summed E-state index contributed by atoms with van der Waals surface area (Å²) < 4.78 is 28.0. The van der Waals surface area contributed by atoms with Crippen molar-refractivity contribution in [1.29, 1.82) is 0 Å². The van der Waals surface area contributed by atoms with Crippen LogP contribution < -0.4 is 4.90 Å². The summed E-state index contributed by atoms with van der Waals surface area (Å²) in [5.74, 6) is 0.579. The van der Waals surface area contributed by atoms with Crippen LogP contribution in [0.15, 0.2) is 65.7 Å². The maximum Gasteiger partial charge on any atom is 0.244 e. The lowest BCUT2D eigenvalue weighted by atomic mass is 9.94. The van der Waals surface area contributed by atoms with Gasteiger partial charge in [0.25, 0.3) is 0 Å². The van der Waals surface area contributed by atoms with Crippen LogP contribution in [0.3, 0.4) is 0 Å². The van der Waals surface area contributed by atoms with E-state index in [0.29, 0.717) is 23.9 Å². The Kier molecular flexibility index (Phi) is 8.55. The van der Waals surface area contributed by atoms with E-state index < -0.39 is 10.0 Å². The van der Waals surface area contributed by atoms with Crippen LogP contribution in [0.4, 0.5) is 5.69 Å². The summed E-state index contributed by atoms with van der Waals surface area (Å²) in [6.07, 6.45) is 4.47. The number of aromatic nitrogens is 1. The van der Waals surface area contributed by atoms with Gasteiger partial charge in [0.05, 0.1) is 5.52 Å². The van der Waals surface area contributed by atoms with Crippen molar-refractivity contribution in [2.45, 2.75) is 24.2 Å². The van der Waals surface area contributed by atoms with Gasteiger partial charge in [0.2, 0.25) is 10.0 Å². The average molecular weight is 536 g/mol. The molecule has 1 aromatic heterocycles. The molecule has 0 amide bonds. The van der Waals surface area contributed by atoms with Gasteiger partial charge in [0.15, 0.2) is 0 Å². The summed E-state index contributed by atoms with van der Waals surface area (Å²) in [6, 6.07) is 17.4. The highest BCUT2D eigenvalue weighted by Crippen LogP contribution is 2.27. The van der Waals surface area contributed by atoms with Crippen molar-refractivity contribution in [2.75, 3.05) is 50.7 Å². The number of benzene rings is 2. The first-order chi connectivity index (χ1) is 16.5. The summed E-state index contributed by atoms with van der Waals surface area (Å²) in [6.45, 7) is 6.43. The van der Waals surface area contributed by atoms with Crippen molar-refractivity contribution in [3.8, 4) is 0 Å². The zero-order valence-corrected chi connectivity index (χ0v) is 22.1. The number of nitrogens with zero attached hydrogens (tertiary/aromatic N) is 4. The van der Waals surface area contributed by atoms with Gasteiger partial charge in [0.1, 0.15) is 4.90 Å². The predicted molar refractivity (Wildman–Crippen MR) is 145 cm³/mol. The first-order valence-corrected chi connectivity index (χ1v) is 13.9. The molecular formula is C26H32Cl2N4O2S. The smallest absolute Gasteiger partial charge is 0.244 e. The first-order valence-electron chi connectivity index (χ1n) is 12.1. The Morgan fingerprint density at radius 1 is 0.914 bits per heavy atom. The van der Waals surface area contributed by atoms with E-state index in [0.717, 1.165) is 67.9 Å². The fourth-order valence-corrected chi connectivity index (χ4v) is 6.60. The van der Waals surface area contributed by atoms with Gasteiger partial charge in [-0.15, -0.1) is 12.4 Å². The van der Waals surface area contributed by atoms with Crippen molar-refractivity contribution < 1.29 is 8.42 Å². The minimum absolute atomic E-state index is 0. The monoisotopic (exact) mass is 534 g/mol. The molecule has 188 valence electrons. The van der Waals surface area contributed by atoms with E-state index in [1.165, 1.54) is 11.9 Å². The van der Waals surface area contributed by atoms with Crippen molar-refractivity contribution >= 4 is 50.6 Å². The number of rotatable bonds is 6. The van der Waals surface area contributed by atoms with E-state index in [1.54, 1.807) is 10.4 Å². The fraction of sp³-hybridized carbons (Fsp3) is 0.423. The molecule has 0 N–H and O–H groups in total. The molecule has 2 saturated heterocycles. The number of piperidine rings is 1. The molecule has 3 heterocycles. The van der Waals surface area contributed by atoms with Crippen molar-refractivity contribution in [2.24, 2.45) is 5.92 Å². The van der Waals surface area contributed by atoms with E-state index in [4.69, 9.17) is 11.6 Å². The number of piperazine rings is 1. The van der Waals surface area contributed by atoms with Crippen LogP contribution in [0.1, 0.15) is 19.3 Å². The van der Waals surface area contributed by atoms with E-state index in [2.05, 4.69) is 26.9 Å². The van der Waals surface area contributed by atoms with Crippen LogP contribution in [-0.2, 0) is 10.0 Å². The third kappa shape index (κ3) is 6.09. The van der Waals surface area contributed by atoms with Crippen molar-refractivity contribution in [1.82, 2.24) is 14.2 Å². The second-order valence-electron chi connectivity index (χ2n) is 9.30. The quantitative estimate of drug-likeness (QED) is 0.449. The Hall–Kier alpha value is -1.90. The number of halogens is 2. The van der Waals surface area contributed by atoms with Crippen molar-refractivity contribution in [3.05, 3.63) is 65.8 Å². The van der Waals surface area contributed by atoms with Crippen LogP contribution in [0.25, 0.3) is 10.9 Å². The van der Waals surface area contributed by atoms with Gasteiger partial charge in [-0.1, -0.05) is 29.8 Å². The molecular weight excluding hydrogens is 503 g/mol. The lowest BCUT2D eigenvalue weighted by Gasteiger charge is -2.37. The molecule has 0 bridgehead atoms. The number of fused-ring (bicyclic) bond motifs is 1. The summed E-state index contributed by atoms with van der Waals surface area (Å²) in [5.41, 5.74) is 2.05. The van der Waals surface area contributed by atoms with Gasteiger partial charge in [-0.25, -0.2) is 8.42 Å². The minimum Gasteiger partial charge on any atom is -0.369 e. The molecule has 35 heavy (non-hydrogen) atoms. The zero-order chi connectivity index (χ0) is 23.5. The van der Waals surface area contributed by atoms with Gasteiger partial charge < -0.3 is 4.90 Å². The maximum absolute atomic E-state index is 13.2. The third-order valence-electron chi connectivity index (χ3n) is 7.19. The molecule has 2 aliphatic heterocycles. The number of hydrogen-bond acceptors (Lipinski definition) is 5. The molecule has 3 aromatic rings. The first kappa shape index (κ1) is 26.2. The van der Waals surface area contributed by atoms with Crippen LogP contribution >= 0.6 is 24.0 Å². The van der Waals surface area contributed by atoms with Gasteiger partial charge >= 0.3 is 0 Å². The van der Waals surface area contributed by atoms with E-state index in [-0.39, 0.29) is 12.4 Å². The second kappa shape index (κ2) is 11.4. The van der Waals surface area contributed by atoms with Crippen LogP contribution in [0, 0.1) is 5.92 Å². The Morgan fingerprint density at radius 2 is 1.60 bits per heavy atom. The molecule has 9 heteroatoms. The number of pyridine rings is 1. The molecule has 6 nitrogen and oxygen atoms in total. The number of hydrogen-bond donors (Lipinski definition) is 0. The van der Waals surface area contributed by atoms with E-state index in [9.17, 15) is 8.42 Å². The highest BCUT2D eigenvalue weighted by atomic mass is 35.5. The second-order valence-corrected chi connectivity index (χ2v) is 11.7. The molecule has 0 saturated carbocycles. The van der Waals surface area contributed by atoms with E-state index in [1.807, 2.05) is 36.4 Å². The molecule has 0 unspecified atom stereocenters. The molecule has 0 atom stereocenters. The maximum atomic E-state index is 13.2. The molecule has 5 rings (SSSR count). The summed E-state index contributed by atoms with van der Waals surface area (Å²) in [7, 11) is -3.50. The Bertz CT molecular complexity index is 1220. The standard InChI is InChI=1S/C26H31ClN4O2S.ClH/c27-23-5-7-24(8-6-23)30-17-15-29(16-18-30)12-9-21-10-13-31(14-11-21)34(32,33)25-19-22-3-1-2-4-26(22)28-20-25;/h1-8,19-21H,9-18H2;1H. The Morgan fingerprint density at radius 3 is 2.31 bits per heavy atom. The molecule has 0 radical (unpaired) electrons. The Balaban J connectivity index is 0.00000289. The topological polar surface area (TPSA) is 56.8 Å². The van der Waals surface area contributed by atoms with Gasteiger partial charge in [0, 0.05) is 61.6 Å². The largest absolute Gasteiger partial charge is 0.369 e. The van der Waals surface area contributed by atoms with Gasteiger partial charge in [-0.3, -0.25) is 9.88 Å². The zero-order valence-electron chi connectivity index (χ0n) is 19.7. The number of para-hydroxylation sites is 1. The summed E-state index contributed by atoms with van der Waals surface area (Å²) in [4.78, 5) is 9.59. The highest BCUT2D eigenvalue weighted by molar-refractivity contribution is 7.89. The minimum atomic E-state index is -3.50. The SMILES string of the molecule is Cl.O=S(=O)(c1cnc2ccccc2c1)N1CCC(CCN2CCN(c3ccc(Cl)cc3)CC2)CC1. The van der Waals surface area contributed by atoms with Crippen LogP contribution in [0.2, 0.25) is 5.02 Å². The number of sulfonamides is 1. The molecule has 0 spiro atoms. The van der Waals surface area contributed by atoms with Crippen molar-refractivity contribution in [3.63, 3.8) is 0 Å². The molecule has 0 aliphatic carbocycles. The summed E-state index contributed by atoms with van der Waals surface area (Å²) >= 11 is 6.01. The van der Waals surface area contributed by atoms with Crippen LogP contribution in [-0.4, -0.2) is 68.4 Å². The molecule has 2 aromatic carbocycles. The molecule has 2 fully saturated rings. The fourth-order valence-electron chi connectivity index (χ4n) is 5.03. The Labute approximate surface area is 219 Å². The lowest BCUT2D eigenvalue weighted by molar-refractivity contribution is 0.206. The highest BCUT2D eigenvalue weighted by Gasteiger charge is 2.30. The predicted octanol–water partition coefficient (Wildman–Crippen LogP) is 4.92. The average Bonchev–Trinajstić information content (AvgIpc) is 2.88. The lowest BCUT2D eigenvalue weighted by Crippen LogP contribution is -2.47. The van der Waals surface area contributed by atoms with Gasteiger partial charge in [-0.05, 0) is 68.1 Å². The van der Waals surface area contributed by atoms with E-state index >= 15 is 0 Å². The van der Waals surface area contributed by atoms with Gasteiger partial charge in [-0.2, -0.15) is 4.31 Å². The summed E-state index contributed by atoms with van der Waals surface area (Å²) in [5, 5.41) is 1.63. The van der Waals surface area contributed by atoms with Crippen LogP contribution in [0.5, 0.6) is 0 Å². The molecule has 2 aliphatic rings.